The fourth-order valence-electron chi connectivity index (χ4n) is 1.98. The molecule has 1 saturated carbocycles. The SMILES string of the molecule is CC(C)(C)OC(=O)N[C@H]1CC[C@H](/C=N/O)CC1. The van der Waals surface area contributed by atoms with Crippen LogP contribution in [-0.2, 0) is 4.74 Å². The maximum absolute atomic E-state index is 11.5. The average molecular weight is 242 g/mol. The molecule has 1 amide bonds. The van der Waals surface area contributed by atoms with Crippen molar-refractivity contribution < 1.29 is 14.7 Å². The van der Waals surface area contributed by atoms with Crippen molar-refractivity contribution in [3.05, 3.63) is 0 Å². The third-order valence-corrected chi connectivity index (χ3v) is 2.77. The van der Waals surface area contributed by atoms with Gasteiger partial charge in [0.25, 0.3) is 0 Å². The van der Waals surface area contributed by atoms with Gasteiger partial charge in [-0.2, -0.15) is 0 Å². The van der Waals surface area contributed by atoms with E-state index in [0.717, 1.165) is 25.7 Å². The van der Waals surface area contributed by atoms with E-state index in [1.165, 1.54) is 0 Å². The van der Waals surface area contributed by atoms with Crippen LogP contribution in [-0.4, -0.2) is 29.2 Å². The predicted molar refractivity (Wildman–Crippen MR) is 65.4 cm³/mol. The Labute approximate surface area is 102 Å². The quantitative estimate of drug-likeness (QED) is 0.444. The molecule has 0 heterocycles. The first-order valence-corrected chi connectivity index (χ1v) is 6.08. The molecule has 1 rings (SSSR count). The molecule has 1 fully saturated rings. The van der Waals surface area contributed by atoms with Gasteiger partial charge in [0.15, 0.2) is 0 Å². The van der Waals surface area contributed by atoms with Crippen LogP contribution in [0.3, 0.4) is 0 Å². The van der Waals surface area contributed by atoms with Crippen molar-refractivity contribution in [2.45, 2.75) is 58.1 Å². The second-order valence-corrected chi connectivity index (χ2v) is 5.52. The first-order valence-electron chi connectivity index (χ1n) is 6.08. The summed E-state index contributed by atoms with van der Waals surface area (Å²) in [4.78, 5) is 11.5. The Morgan fingerprint density at radius 2 is 1.94 bits per heavy atom. The van der Waals surface area contributed by atoms with Crippen molar-refractivity contribution in [3.63, 3.8) is 0 Å². The normalized spacial score (nSPS) is 25.8. The summed E-state index contributed by atoms with van der Waals surface area (Å²) >= 11 is 0. The maximum atomic E-state index is 11.5. The number of rotatable bonds is 2. The van der Waals surface area contributed by atoms with E-state index in [1.807, 2.05) is 20.8 Å². The number of carbonyl (C=O) groups is 1. The zero-order valence-corrected chi connectivity index (χ0v) is 10.8. The van der Waals surface area contributed by atoms with Crippen molar-refractivity contribution in [1.82, 2.24) is 5.32 Å². The van der Waals surface area contributed by atoms with E-state index in [-0.39, 0.29) is 12.1 Å². The van der Waals surface area contributed by atoms with Crippen LogP contribution in [0.1, 0.15) is 46.5 Å². The van der Waals surface area contributed by atoms with Crippen molar-refractivity contribution >= 4 is 12.3 Å². The van der Waals surface area contributed by atoms with E-state index in [0.29, 0.717) is 5.92 Å². The largest absolute Gasteiger partial charge is 0.444 e. The number of hydrogen-bond acceptors (Lipinski definition) is 4. The third kappa shape index (κ3) is 5.56. The molecule has 0 saturated heterocycles. The van der Waals surface area contributed by atoms with Crippen LogP contribution in [0.25, 0.3) is 0 Å². The summed E-state index contributed by atoms with van der Waals surface area (Å²) < 4.78 is 5.20. The summed E-state index contributed by atoms with van der Waals surface area (Å²) in [6.45, 7) is 5.55. The summed E-state index contributed by atoms with van der Waals surface area (Å²) in [6.07, 6.45) is 4.89. The molecule has 5 heteroatoms. The number of amides is 1. The Hall–Kier alpha value is -1.26. The minimum atomic E-state index is -0.454. The van der Waals surface area contributed by atoms with Gasteiger partial charge in [0.05, 0.1) is 0 Å². The van der Waals surface area contributed by atoms with Crippen molar-refractivity contribution in [1.29, 1.82) is 0 Å². The molecule has 0 aromatic heterocycles. The molecule has 0 aromatic carbocycles. The number of hydrogen-bond donors (Lipinski definition) is 2. The fourth-order valence-corrected chi connectivity index (χ4v) is 1.98. The number of nitrogens with zero attached hydrogens (tertiary/aromatic N) is 1. The first kappa shape index (κ1) is 13.8. The minimum absolute atomic E-state index is 0.174. The lowest BCUT2D eigenvalue weighted by atomic mass is 9.87. The monoisotopic (exact) mass is 242 g/mol. The molecule has 0 spiro atoms. The summed E-state index contributed by atoms with van der Waals surface area (Å²) in [5.74, 6) is 0.330. The van der Waals surface area contributed by atoms with Gasteiger partial charge >= 0.3 is 6.09 Å². The van der Waals surface area contributed by atoms with Gasteiger partial charge in [-0.3, -0.25) is 0 Å². The Kier molecular flexibility index (Phi) is 4.78. The Morgan fingerprint density at radius 3 is 2.41 bits per heavy atom. The molecular formula is C12H22N2O3. The summed E-state index contributed by atoms with van der Waals surface area (Å²) in [5.41, 5.74) is -0.454. The van der Waals surface area contributed by atoms with Crippen LogP contribution in [0.4, 0.5) is 4.79 Å². The first-order chi connectivity index (χ1) is 7.90. The van der Waals surface area contributed by atoms with Gasteiger partial charge in [0.1, 0.15) is 5.60 Å². The van der Waals surface area contributed by atoms with Crippen LogP contribution < -0.4 is 5.32 Å². The molecule has 5 nitrogen and oxygen atoms in total. The van der Waals surface area contributed by atoms with E-state index in [4.69, 9.17) is 9.94 Å². The Morgan fingerprint density at radius 1 is 1.35 bits per heavy atom. The highest BCUT2D eigenvalue weighted by Crippen LogP contribution is 2.23. The second-order valence-electron chi connectivity index (χ2n) is 5.52. The predicted octanol–water partition coefficient (Wildman–Crippen LogP) is 2.53. The van der Waals surface area contributed by atoms with Gasteiger partial charge in [0.2, 0.25) is 0 Å². The van der Waals surface area contributed by atoms with Crippen LogP contribution in [0, 0.1) is 5.92 Å². The molecule has 1 aliphatic rings. The number of ether oxygens (including phenoxy) is 1. The average Bonchev–Trinajstić information content (AvgIpc) is 2.18. The summed E-state index contributed by atoms with van der Waals surface area (Å²) in [5, 5.41) is 14.4. The number of nitrogens with one attached hydrogen (secondary N) is 1. The molecule has 0 aromatic rings. The summed E-state index contributed by atoms with van der Waals surface area (Å²) in [7, 11) is 0. The molecule has 98 valence electrons. The molecule has 1 aliphatic carbocycles. The van der Waals surface area contributed by atoms with Gasteiger partial charge in [-0.1, -0.05) is 0 Å². The van der Waals surface area contributed by atoms with Crippen molar-refractivity contribution in [3.8, 4) is 0 Å². The van der Waals surface area contributed by atoms with Crippen LogP contribution in [0.5, 0.6) is 0 Å². The molecule has 0 aliphatic heterocycles. The Bertz CT molecular complexity index is 276. The highest BCUT2D eigenvalue weighted by molar-refractivity contribution is 5.68. The standard InChI is InChI=1S/C12H22N2O3/c1-12(2,3)17-11(15)14-10-6-4-9(5-7-10)8-13-16/h8-10,16H,4-7H2,1-3H3,(H,14,15)/b13-8+/t9-,10-. The molecule has 2 N–H and O–H groups in total. The zero-order valence-electron chi connectivity index (χ0n) is 10.8. The van der Waals surface area contributed by atoms with Gasteiger partial charge < -0.3 is 15.3 Å². The van der Waals surface area contributed by atoms with E-state index in [9.17, 15) is 4.79 Å². The molecule has 0 atom stereocenters. The van der Waals surface area contributed by atoms with Gasteiger partial charge in [-0.15, -0.1) is 5.16 Å². The van der Waals surface area contributed by atoms with E-state index in [2.05, 4.69) is 10.5 Å². The zero-order chi connectivity index (χ0) is 12.9. The molecule has 0 unspecified atom stereocenters. The highest BCUT2D eigenvalue weighted by atomic mass is 16.6. The van der Waals surface area contributed by atoms with Crippen LogP contribution in [0.2, 0.25) is 0 Å². The number of carbonyl (C=O) groups excluding carboxylic acids is 1. The lowest BCUT2D eigenvalue weighted by molar-refractivity contribution is 0.0491. The minimum Gasteiger partial charge on any atom is -0.444 e. The number of alkyl carbamates (subject to hydrolysis) is 1. The number of oxime groups is 1. The molecular weight excluding hydrogens is 220 g/mol. The van der Waals surface area contributed by atoms with E-state index in [1.54, 1.807) is 6.21 Å². The molecule has 0 bridgehead atoms. The van der Waals surface area contributed by atoms with Gasteiger partial charge in [-0.25, -0.2) is 4.79 Å². The smallest absolute Gasteiger partial charge is 0.407 e. The lowest BCUT2D eigenvalue weighted by Gasteiger charge is -2.28. The highest BCUT2D eigenvalue weighted by Gasteiger charge is 2.23. The van der Waals surface area contributed by atoms with Gasteiger partial charge in [-0.05, 0) is 52.4 Å². The second kappa shape index (κ2) is 5.89. The lowest BCUT2D eigenvalue weighted by Crippen LogP contribution is -2.41. The van der Waals surface area contributed by atoms with E-state index < -0.39 is 5.60 Å². The third-order valence-electron chi connectivity index (χ3n) is 2.77. The van der Waals surface area contributed by atoms with Gasteiger partial charge in [0, 0.05) is 12.3 Å². The fraction of sp³-hybridized carbons (Fsp3) is 0.833. The van der Waals surface area contributed by atoms with Crippen LogP contribution in [0.15, 0.2) is 5.16 Å². The molecule has 0 radical (unpaired) electrons. The van der Waals surface area contributed by atoms with Crippen molar-refractivity contribution in [2.75, 3.05) is 0 Å². The summed E-state index contributed by atoms with van der Waals surface area (Å²) in [6, 6.07) is 0.174. The van der Waals surface area contributed by atoms with Crippen molar-refractivity contribution in [2.24, 2.45) is 11.1 Å². The van der Waals surface area contributed by atoms with E-state index >= 15 is 0 Å². The Balaban J connectivity index is 2.28. The van der Waals surface area contributed by atoms with Crippen LogP contribution >= 0.6 is 0 Å². The molecule has 17 heavy (non-hydrogen) atoms. The maximum Gasteiger partial charge on any atom is 0.407 e. The topological polar surface area (TPSA) is 70.9 Å².